The van der Waals surface area contributed by atoms with Crippen LogP contribution in [-0.2, 0) is 4.74 Å². The summed E-state index contributed by atoms with van der Waals surface area (Å²) in [5.74, 6) is -0.165. The predicted octanol–water partition coefficient (Wildman–Crippen LogP) is 3.84. The van der Waals surface area contributed by atoms with Gasteiger partial charge in [0, 0.05) is 24.3 Å². The number of benzene rings is 2. The van der Waals surface area contributed by atoms with Crippen LogP contribution in [0.5, 0.6) is 0 Å². The molecule has 0 aliphatic rings. The molecule has 3 aromatic rings. The number of imidazole rings is 1. The minimum Gasteiger partial charge on any atom is -0.444 e. The summed E-state index contributed by atoms with van der Waals surface area (Å²) in [6, 6.07) is 15.2. The fraction of sp³-hybridized carbons (Fsp3) is 0.261. The molecule has 0 spiro atoms. The third-order valence-electron chi connectivity index (χ3n) is 4.17. The molecule has 0 aliphatic heterocycles. The van der Waals surface area contributed by atoms with Gasteiger partial charge in [0.25, 0.3) is 5.91 Å². The first-order valence-corrected chi connectivity index (χ1v) is 9.76. The van der Waals surface area contributed by atoms with Crippen LogP contribution >= 0.6 is 0 Å². The highest BCUT2D eigenvalue weighted by atomic mass is 16.6. The molecular weight excluding hydrogens is 380 g/mol. The average Bonchev–Trinajstić information content (AvgIpc) is 3.13. The standard InChI is InChI=1S/C23H26N4O3/c1-23(2,3)30-22(29)25-15-7-6-14-24-21(28)17-10-12-18(13-11-17)27-16-26-19-8-4-5-9-20(19)27/h4-13,16H,14-15H2,1-3H3,(H,24,28)(H,25,29)/b7-6+. The molecule has 3 rings (SSSR count). The molecule has 0 saturated heterocycles. The Morgan fingerprint density at radius 3 is 2.37 bits per heavy atom. The largest absolute Gasteiger partial charge is 0.444 e. The number of aromatic nitrogens is 2. The minimum atomic E-state index is -0.526. The number of ether oxygens (including phenoxy) is 1. The number of carbonyl (C=O) groups is 2. The van der Waals surface area contributed by atoms with E-state index in [9.17, 15) is 9.59 Å². The number of hydrogen-bond donors (Lipinski definition) is 2. The molecule has 0 radical (unpaired) electrons. The Kier molecular flexibility index (Phi) is 6.51. The van der Waals surface area contributed by atoms with E-state index in [1.807, 2.05) is 61.7 Å². The van der Waals surface area contributed by atoms with Crippen molar-refractivity contribution in [3.8, 4) is 5.69 Å². The Morgan fingerprint density at radius 1 is 1.00 bits per heavy atom. The zero-order chi connectivity index (χ0) is 21.6. The van der Waals surface area contributed by atoms with E-state index in [0.717, 1.165) is 16.7 Å². The third-order valence-corrected chi connectivity index (χ3v) is 4.17. The lowest BCUT2D eigenvalue weighted by atomic mass is 10.2. The number of nitrogens with zero attached hydrogens (tertiary/aromatic N) is 2. The van der Waals surface area contributed by atoms with Crippen LogP contribution in [0.25, 0.3) is 16.7 Å². The number of carbonyl (C=O) groups excluding carboxylic acids is 2. The predicted molar refractivity (Wildman–Crippen MR) is 117 cm³/mol. The lowest BCUT2D eigenvalue weighted by Gasteiger charge is -2.19. The van der Waals surface area contributed by atoms with Crippen molar-refractivity contribution < 1.29 is 14.3 Å². The SMILES string of the molecule is CC(C)(C)OC(=O)NC/C=C/CNC(=O)c1ccc(-n2cnc3ccccc32)cc1. The Morgan fingerprint density at radius 2 is 1.67 bits per heavy atom. The molecule has 1 heterocycles. The smallest absolute Gasteiger partial charge is 0.407 e. The molecule has 156 valence electrons. The summed E-state index contributed by atoms with van der Waals surface area (Å²) in [6.07, 6.45) is 4.84. The van der Waals surface area contributed by atoms with Crippen molar-refractivity contribution in [1.82, 2.24) is 20.2 Å². The van der Waals surface area contributed by atoms with Gasteiger partial charge in [0.2, 0.25) is 0 Å². The van der Waals surface area contributed by atoms with Crippen LogP contribution in [-0.4, -0.2) is 40.2 Å². The van der Waals surface area contributed by atoms with Gasteiger partial charge >= 0.3 is 6.09 Å². The normalized spacial score (nSPS) is 11.6. The van der Waals surface area contributed by atoms with Crippen LogP contribution in [0, 0.1) is 0 Å². The number of fused-ring (bicyclic) bond motifs is 1. The lowest BCUT2D eigenvalue weighted by Crippen LogP contribution is -2.32. The zero-order valence-electron chi connectivity index (χ0n) is 17.4. The van der Waals surface area contributed by atoms with Crippen molar-refractivity contribution in [3.63, 3.8) is 0 Å². The first-order chi connectivity index (χ1) is 14.3. The van der Waals surface area contributed by atoms with Gasteiger partial charge < -0.3 is 15.4 Å². The van der Waals surface area contributed by atoms with Crippen LogP contribution in [0.4, 0.5) is 4.79 Å². The fourth-order valence-electron chi connectivity index (χ4n) is 2.82. The summed E-state index contributed by atoms with van der Waals surface area (Å²) in [5, 5.41) is 5.44. The van der Waals surface area contributed by atoms with Crippen LogP contribution in [0.2, 0.25) is 0 Å². The maximum absolute atomic E-state index is 12.3. The molecule has 0 atom stereocenters. The van der Waals surface area contributed by atoms with Gasteiger partial charge in [-0.2, -0.15) is 0 Å². The number of amides is 2. The number of nitrogens with one attached hydrogen (secondary N) is 2. The summed E-state index contributed by atoms with van der Waals surface area (Å²) in [4.78, 5) is 28.2. The summed E-state index contributed by atoms with van der Waals surface area (Å²) >= 11 is 0. The Balaban J connectivity index is 1.48. The molecule has 30 heavy (non-hydrogen) atoms. The first-order valence-electron chi connectivity index (χ1n) is 9.76. The van der Waals surface area contributed by atoms with E-state index in [0.29, 0.717) is 18.7 Å². The van der Waals surface area contributed by atoms with Gasteiger partial charge in [-0.1, -0.05) is 24.3 Å². The maximum atomic E-state index is 12.3. The van der Waals surface area contributed by atoms with Crippen molar-refractivity contribution in [2.45, 2.75) is 26.4 Å². The van der Waals surface area contributed by atoms with Crippen LogP contribution in [0.3, 0.4) is 0 Å². The molecule has 7 nitrogen and oxygen atoms in total. The molecule has 0 aliphatic carbocycles. The number of rotatable bonds is 6. The van der Waals surface area contributed by atoms with E-state index in [1.54, 1.807) is 30.6 Å². The highest BCUT2D eigenvalue weighted by Crippen LogP contribution is 2.18. The van der Waals surface area contributed by atoms with E-state index >= 15 is 0 Å². The van der Waals surface area contributed by atoms with Crippen LogP contribution in [0.15, 0.2) is 67.0 Å². The molecular formula is C23H26N4O3. The summed E-state index contributed by atoms with van der Waals surface area (Å²) < 4.78 is 7.12. The molecule has 0 unspecified atom stereocenters. The Hall–Kier alpha value is -3.61. The van der Waals surface area contributed by atoms with Crippen molar-refractivity contribution in [3.05, 3.63) is 72.6 Å². The summed E-state index contributed by atoms with van der Waals surface area (Å²) in [6.45, 7) is 6.12. The Bertz CT molecular complexity index is 1050. The highest BCUT2D eigenvalue weighted by Gasteiger charge is 2.15. The van der Waals surface area contributed by atoms with Gasteiger partial charge in [-0.25, -0.2) is 9.78 Å². The second-order valence-electron chi connectivity index (χ2n) is 7.71. The van der Waals surface area contributed by atoms with Gasteiger partial charge in [0.1, 0.15) is 11.9 Å². The van der Waals surface area contributed by atoms with Gasteiger partial charge in [-0.15, -0.1) is 0 Å². The molecule has 0 saturated carbocycles. The van der Waals surface area contributed by atoms with E-state index in [2.05, 4.69) is 15.6 Å². The molecule has 1 aromatic heterocycles. The Labute approximate surface area is 175 Å². The second kappa shape index (κ2) is 9.26. The highest BCUT2D eigenvalue weighted by molar-refractivity contribution is 5.94. The number of hydrogen-bond acceptors (Lipinski definition) is 4. The topological polar surface area (TPSA) is 85.3 Å². The molecule has 0 bridgehead atoms. The maximum Gasteiger partial charge on any atom is 0.407 e. The van der Waals surface area contributed by atoms with E-state index < -0.39 is 11.7 Å². The molecule has 2 aromatic carbocycles. The molecule has 0 fully saturated rings. The van der Waals surface area contributed by atoms with E-state index in [1.165, 1.54) is 0 Å². The summed E-state index contributed by atoms with van der Waals surface area (Å²) in [7, 11) is 0. The summed E-state index contributed by atoms with van der Waals surface area (Å²) in [5.41, 5.74) is 2.92. The molecule has 2 N–H and O–H groups in total. The zero-order valence-corrected chi connectivity index (χ0v) is 17.4. The quantitative estimate of drug-likeness (QED) is 0.609. The third kappa shape index (κ3) is 5.70. The van der Waals surface area contributed by atoms with Crippen LogP contribution in [0.1, 0.15) is 31.1 Å². The fourth-order valence-corrected chi connectivity index (χ4v) is 2.82. The van der Waals surface area contributed by atoms with E-state index in [4.69, 9.17) is 4.74 Å². The van der Waals surface area contributed by atoms with Crippen molar-refractivity contribution >= 4 is 23.0 Å². The van der Waals surface area contributed by atoms with Gasteiger partial charge in [-0.05, 0) is 57.2 Å². The van der Waals surface area contributed by atoms with Crippen LogP contribution < -0.4 is 10.6 Å². The number of para-hydroxylation sites is 2. The minimum absolute atomic E-state index is 0.165. The molecule has 7 heteroatoms. The monoisotopic (exact) mass is 406 g/mol. The first kappa shape index (κ1) is 21.1. The van der Waals surface area contributed by atoms with Gasteiger partial charge in [0.05, 0.1) is 11.0 Å². The van der Waals surface area contributed by atoms with Crippen molar-refractivity contribution in [2.75, 3.05) is 13.1 Å². The second-order valence-corrected chi connectivity index (χ2v) is 7.71. The van der Waals surface area contributed by atoms with Gasteiger partial charge in [0.15, 0.2) is 0 Å². The van der Waals surface area contributed by atoms with Gasteiger partial charge in [-0.3, -0.25) is 9.36 Å². The lowest BCUT2D eigenvalue weighted by molar-refractivity contribution is 0.0533. The van der Waals surface area contributed by atoms with Crippen molar-refractivity contribution in [1.29, 1.82) is 0 Å². The average molecular weight is 406 g/mol. The van der Waals surface area contributed by atoms with E-state index in [-0.39, 0.29) is 5.91 Å². The number of alkyl carbamates (subject to hydrolysis) is 1. The molecule has 2 amide bonds. The van der Waals surface area contributed by atoms with Crippen molar-refractivity contribution in [2.24, 2.45) is 0 Å².